The molecular weight excluding hydrogens is 222 g/mol. The van der Waals surface area contributed by atoms with E-state index in [1.54, 1.807) is 0 Å². The lowest BCUT2D eigenvalue weighted by atomic mass is 9.70. The monoisotopic (exact) mass is 235 g/mol. The average molecular weight is 236 g/mol. The Morgan fingerprint density at radius 1 is 1.38 bits per heavy atom. The number of aliphatic hydroxyl groups excluding tert-OH is 1. The second-order valence-electron chi connectivity index (χ2n) is 4.44. The second kappa shape index (κ2) is 4.45. The van der Waals surface area contributed by atoms with Gasteiger partial charge in [-0.1, -0.05) is 23.7 Å². The molecule has 0 heterocycles. The number of nitriles is 1. The summed E-state index contributed by atoms with van der Waals surface area (Å²) >= 11 is 5.95. The van der Waals surface area contributed by atoms with Crippen LogP contribution in [0.5, 0.6) is 0 Å². The van der Waals surface area contributed by atoms with Gasteiger partial charge in [0, 0.05) is 5.02 Å². The third-order valence-electron chi connectivity index (χ3n) is 3.40. The van der Waals surface area contributed by atoms with Crippen LogP contribution in [0.1, 0.15) is 31.2 Å². The van der Waals surface area contributed by atoms with Crippen LogP contribution in [0, 0.1) is 11.3 Å². The summed E-state index contributed by atoms with van der Waals surface area (Å²) in [5.41, 5.74) is 0.527. The van der Waals surface area contributed by atoms with Gasteiger partial charge < -0.3 is 5.11 Å². The van der Waals surface area contributed by atoms with Crippen LogP contribution in [0.4, 0.5) is 0 Å². The van der Waals surface area contributed by atoms with Gasteiger partial charge in [0.2, 0.25) is 0 Å². The molecule has 0 amide bonds. The highest BCUT2D eigenvalue weighted by Crippen LogP contribution is 2.39. The number of rotatable bonds is 1. The molecule has 1 aliphatic rings. The summed E-state index contributed by atoms with van der Waals surface area (Å²) in [6.07, 6.45) is 2.57. The van der Waals surface area contributed by atoms with Gasteiger partial charge in [-0.15, -0.1) is 0 Å². The highest BCUT2D eigenvalue weighted by molar-refractivity contribution is 6.30. The number of aliphatic hydroxyl groups is 1. The first-order valence-corrected chi connectivity index (χ1v) is 5.89. The first-order valence-electron chi connectivity index (χ1n) is 5.52. The van der Waals surface area contributed by atoms with Gasteiger partial charge in [-0.05, 0) is 43.4 Å². The fourth-order valence-electron chi connectivity index (χ4n) is 2.35. The molecule has 0 aliphatic heterocycles. The van der Waals surface area contributed by atoms with Crippen molar-refractivity contribution >= 4 is 11.6 Å². The number of nitrogens with zero attached hydrogens (tertiary/aromatic N) is 1. The number of halogens is 1. The van der Waals surface area contributed by atoms with Crippen molar-refractivity contribution in [3.63, 3.8) is 0 Å². The summed E-state index contributed by atoms with van der Waals surface area (Å²) in [7, 11) is 0. The zero-order chi connectivity index (χ0) is 11.6. The van der Waals surface area contributed by atoms with Gasteiger partial charge in [-0.2, -0.15) is 5.26 Å². The summed E-state index contributed by atoms with van der Waals surface area (Å²) < 4.78 is 0. The van der Waals surface area contributed by atoms with Gasteiger partial charge in [0.05, 0.1) is 17.6 Å². The van der Waals surface area contributed by atoms with Crippen LogP contribution in [-0.2, 0) is 5.41 Å². The molecule has 2 nitrogen and oxygen atoms in total. The third-order valence-corrected chi connectivity index (χ3v) is 3.63. The van der Waals surface area contributed by atoms with Crippen molar-refractivity contribution in [1.82, 2.24) is 0 Å². The minimum atomic E-state index is -0.454. The Balaban J connectivity index is 2.32. The minimum Gasteiger partial charge on any atom is -0.393 e. The second-order valence-corrected chi connectivity index (χ2v) is 4.87. The maximum absolute atomic E-state index is 9.50. The van der Waals surface area contributed by atoms with E-state index in [0.717, 1.165) is 5.56 Å². The van der Waals surface area contributed by atoms with E-state index >= 15 is 0 Å². The molecule has 1 aromatic rings. The highest BCUT2D eigenvalue weighted by Gasteiger charge is 2.36. The summed E-state index contributed by atoms with van der Waals surface area (Å²) in [6.45, 7) is 0. The Bertz CT molecular complexity index is 416. The Hall–Kier alpha value is -1.04. The van der Waals surface area contributed by atoms with Gasteiger partial charge >= 0.3 is 0 Å². The Morgan fingerprint density at radius 3 is 2.62 bits per heavy atom. The maximum Gasteiger partial charge on any atom is 0.0824 e. The molecule has 2 rings (SSSR count). The lowest BCUT2D eigenvalue weighted by Gasteiger charge is -2.33. The molecule has 0 bridgehead atoms. The van der Waals surface area contributed by atoms with Crippen molar-refractivity contribution in [2.45, 2.75) is 37.2 Å². The average Bonchev–Trinajstić information content (AvgIpc) is 2.31. The third kappa shape index (κ3) is 2.07. The molecule has 0 radical (unpaired) electrons. The van der Waals surface area contributed by atoms with E-state index in [1.165, 1.54) is 0 Å². The molecule has 1 fully saturated rings. The normalized spacial score (nSPS) is 29.7. The zero-order valence-corrected chi connectivity index (χ0v) is 9.74. The van der Waals surface area contributed by atoms with Gasteiger partial charge in [0.1, 0.15) is 0 Å². The van der Waals surface area contributed by atoms with Crippen LogP contribution in [0.25, 0.3) is 0 Å². The first-order chi connectivity index (χ1) is 7.66. The molecule has 1 N–H and O–H groups in total. The number of hydrogen-bond donors (Lipinski definition) is 1. The van der Waals surface area contributed by atoms with E-state index in [9.17, 15) is 10.4 Å². The Morgan fingerprint density at radius 2 is 2.06 bits per heavy atom. The van der Waals surface area contributed by atoms with Gasteiger partial charge in [0.15, 0.2) is 0 Å². The van der Waals surface area contributed by atoms with Crippen LogP contribution < -0.4 is 0 Å². The summed E-state index contributed by atoms with van der Waals surface area (Å²) in [4.78, 5) is 0. The van der Waals surface area contributed by atoms with E-state index in [1.807, 2.05) is 24.3 Å². The predicted molar refractivity (Wildman–Crippen MR) is 63.2 cm³/mol. The van der Waals surface area contributed by atoms with Crippen molar-refractivity contribution in [2.75, 3.05) is 0 Å². The lowest BCUT2D eigenvalue weighted by Crippen LogP contribution is -2.32. The molecule has 0 atom stereocenters. The quantitative estimate of drug-likeness (QED) is 0.813. The largest absolute Gasteiger partial charge is 0.393 e. The van der Waals surface area contributed by atoms with Gasteiger partial charge in [-0.3, -0.25) is 0 Å². The number of hydrogen-bond acceptors (Lipinski definition) is 2. The van der Waals surface area contributed by atoms with Crippen molar-refractivity contribution < 1.29 is 5.11 Å². The van der Waals surface area contributed by atoms with E-state index in [2.05, 4.69) is 6.07 Å². The molecule has 16 heavy (non-hydrogen) atoms. The molecule has 3 heteroatoms. The molecule has 1 saturated carbocycles. The molecule has 0 unspecified atom stereocenters. The van der Waals surface area contributed by atoms with Crippen LogP contribution in [-0.4, -0.2) is 11.2 Å². The van der Waals surface area contributed by atoms with Gasteiger partial charge in [-0.25, -0.2) is 0 Å². The predicted octanol–water partition coefficient (Wildman–Crippen LogP) is 3.04. The smallest absolute Gasteiger partial charge is 0.0824 e. The van der Waals surface area contributed by atoms with Crippen molar-refractivity contribution in [3.05, 3.63) is 34.9 Å². The van der Waals surface area contributed by atoms with E-state index < -0.39 is 5.41 Å². The van der Waals surface area contributed by atoms with Crippen LogP contribution in [0.3, 0.4) is 0 Å². The van der Waals surface area contributed by atoms with Crippen molar-refractivity contribution in [2.24, 2.45) is 0 Å². The summed E-state index contributed by atoms with van der Waals surface area (Å²) in [6, 6.07) is 9.92. The topological polar surface area (TPSA) is 44.0 Å². The standard InChI is InChI=1S/C13H14ClNO/c14-11-3-1-2-10(8-11)13(9-15)6-4-12(16)5-7-13/h1-3,8,12,16H,4-7H2. The van der Waals surface area contributed by atoms with E-state index in [-0.39, 0.29) is 6.10 Å². The van der Waals surface area contributed by atoms with Crippen LogP contribution in [0.15, 0.2) is 24.3 Å². The molecular formula is C13H14ClNO. The molecule has 1 aliphatic carbocycles. The molecule has 0 spiro atoms. The maximum atomic E-state index is 9.50. The first kappa shape index (κ1) is 11.4. The van der Waals surface area contributed by atoms with E-state index in [4.69, 9.17) is 11.6 Å². The van der Waals surface area contributed by atoms with Crippen molar-refractivity contribution in [1.29, 1.82) is 5.26 Å². The van der Waals surface area contributed by atoms with Crippen LogP contribution in [0.2, 0.25) is 5.02 Å². The molecule has 84 valence electrons. The fourth-order valence-corrected chi connectivity index (χ4v) is 2.54. The molecule has 1 aromatic carbocycles. The zero-order valence-electron chi connectivity index (χ0n) is 8.99. The SMILES string of the molecule is N#CC1(c2cccc(Cl)c2)CCC(O)CC1. The summed E-state index contributed by atoms with van der Waals surface area (Å²) in [5.74, 6) is 0. The van der Waals surface area contributed by atoms with E-state index in [0.29, 0.717) is 30.7 Å². The van der Waals surface area contributed by atoms with Crippen LogP contribution >= 0.6 is 11.6 Å². The molecule has 0 aromatic heterocycles. The summed E-state index contributed by atoms with van der Waals surface area (Å²) in [5, 5.41) is 19.6. The van der Waals surface area contributed by atoms with Gasteiger partial charge in [0.25, 0.3) is 0 Å². The fraction of sp³-hybridized carbons (Fsp3) is 0.462. The number of benzene rings is 1. The van der Waals surface area contributed by atoms with Crippen molar-refractivity contribution in [3.8, 4) is 6.07 Å². The molecule has 0 saturated heterocycles. The highest BCUT2D eigenvalue weighted by atomic mass is 35.5. The minimum absolute atomic E-state index is 0.249. The Kier molecular flexibility index (Phi) is 3.18. The Labute approximate surface area is 100 Å². The lowest BCUT2D eigenvalue weighted by molar-refractivity contribution is 0.109.